The summed E-state index contributed by atoms with van der Waals surface area (Å²) in [6.07, 6.45) is 4.63. The molecule has 1 aromatic rings. The van der Waals surface area contributed by atoms with Gasteiger partial charge in [0.25, 0.3) is 5.91 Å². The molecule has 0 heterocycles. The number of carbonyl (C=O) groups is 2. The normalized spacial score (nSPS) is 11.0. The first-order chi connectivity index (χ1) is 9.97. The number of hydrogen-bond donors (Lipinski definition) is 2. The Labute approximate surface area is 125 Å². The summed E-state index contributed by atoms with van der Waals surface area (Å²) in [5.41, 5.74) is 2.17. The van der Waals surface area contributed by atoms with Crippen LogP contribution in [0.1, 0.15) is 48.2 Å². The average Bonchev–Trinajstić information content (AvgIpc) is 2.47. The molecular formula is C17H23NO3. The lowest BCUT2D eigenvalue weighted by Crippen LogP contribution is -2.29. The molecule has 0 aliphatic carbocycles. The van der Waals surface area contributed by atoms with Gasteiger partial charge in [0.15, 0.2) is 0 Å². The van der Waals surface area contributed by atoms with Crippen molar-refractivity contribution in [1.82, 2.24) is 5.32 Å². The number of amides is 1. The lowest BCUT2D eigenvalue weighted by atomic mass is 10.0. The highest BCUT2D eigenvalue weighted by molar-refractivity contribution is 5.96. The van der Waals surface area contributed by atoms with Crippen molar-refractivity contribution < 1.29 is 14.7 Å². The van der Waals surface area contributed by atoms with E-state index in [1.807, 2.05) is 13.0 Å². The molecule has 0 saturated heterocycles. The highest BCUT2D eigenvalue weighted by atomic mass is 16.4. The van der Waals surface area contributed by atoms with Gasteiger partial charge in [-0.25, -0.2) is 4.79 Å². The van der Waals surface area contributed by atoms with Crippen LogP contribution in [0.3, 0.4) is 0 Å². The zero-order valence-electron chi connectivity index (χ0n) is 12.8. The van der Waals surface area contributed by atoms with Crippen LogP contribution < -0.4 is 5.32 Å². The summed E-state index contributed by atoms with van der Waals surface area (Å²) < 4.78 is 0. The fourth-order valence-corrected chi connectivity index (χ4v) is 2.07. The van der Waals surface area contributed by atoms with E-state index in [0.717, 1.165) is 24.5 Å². The molecule has 1 aromatic carbocycles. The number of rotatable bonds is 7. The quantitative estimate of drug-likeness (QED) is 0.757. The summed E-state index contributed by atoms with van der Waals surface area (Å²) in [6, 6.07) is 5.34. The zero-order valence-corrected chi connectivity index (χ0v) is 12.8. The van der Waals surface area contributed by atoms with Crippen LogP contribution in [0.25, 0.3) is 6.08 Å². The minimum Gasteiger partial charge on any atom is -0.478 e. The Bertz CT molecular complexity index is 531. The van der Waals surface area contributed by atoms with Crippen LogP contribution in [0.15, 0.2) is 24.3 Å². The SMILES string of the molecule is CCC(CC)CNC(=O)c1cc(/C=C/C(=O)O)ccc1C. The predicted octanol–water partition coefficient (Wildman–Crippen LogP) is 3.26. The maximum absolute atomic E-state index is 12.2. The van der Waals surface area contributed by atoms with Gasteiger partial charge in [-0.15, -0.1) is 0 Å². The molecule has 0 atom stereocenters. The van der Waals surface area contributed by atoms with Crippen LogP contribution in [0.4, 0.5) is 0 Å². The van der Waals surface area contributed by atoms with Gasteiger partial charge in [0.2, 0.25) is 0 Å². The van der Waals surface area contributed by atoms with E-state index in [2.05, 4.69) is 19.2 Å². The average molecular weight is 289 g/mol. The van der Waals surface area contributed by atoms with Crippen LogP contribution >= 0.6 is 0 Å². The van der Waals surface area contributed by atoms with Crippen molar-refractivity contribution in [1.29, 1.82) is 0 Å². The third kappa shape index (κ3) is 5.42. The molecule has 0 bridgehead atoms. The Morgan fingerprint density at radius 2 is 1.95 bits per heavy atom. The number of nitrogens with one attached hydrogen (secondary N) is 1. The van der Waals surface area contributed by atoms with Crippen LogP contribution in [0.2, 0.25) is 0 Å². The van der Waals surface area contributed by atoms with Gasteiger partial charge < -0.3 is 10.4 Å². The number of hydrogen-bond acceptors (Lipinski definition) is 2. The zero-order chi connectivity index (χ0) is 15.8. The van der Waals surface area contributed by atoms with Crippen molar-refractivity contribution in [2.24, 2.45) is 5.92 Å². The fourth-order valence-electron chi connectivity index (χ4n) is 2.07. The molecule has 21 heavy (non-hydrogen) atoms. The third-order valence-corrected chi connectivity index (χ3v) is 3.63. The molecule has 0 unspecified atom stereocenters. The first-order valence-corrected chi connectivity index (χ1v) is 7.27. The Hall–Kier alpha value is -2.10. The lowest BCUT2D eigenvalue weighted by molar-refractivity contribution is -0.131. The van der Waals surface area contributed by atoms with E-state index in [1.165, 1.54) is 6.08 Å². The second-order valence-corrected chi connectivity index (χ2v) is 5.14. The summed E-state index contributed by atoms with van der Waals surface area (Å²) in [6.45, 7) is 6.77. The summed E-state index contributed by atoms with van der Waals surface area (Å²) in [7, 11) is 0. The van der Waals surface area contributed by atoms with Gasteiger partial charge >= 0.3 is 5.97 Å². The van der Waals surface area contributed by atoms with E-state index in [9.17, 15) is 9.59 Å². The standard InChI is InChI=1S/C17H23NO3/c1-4-13(5-2)11-18-17(21)15-10-14(7-6-12(15)3)8-9-16(19)20/h6-10,13H,4-5,11H2,1-3H3,(H,18,21)(H,19,20)/b9-8+. The first-order valence-electron chi connectivity index (χ1n) is 7.27. The summed E-state index contributed by atoms with van der Waals surface area (Å²) in [4.78, 5) is 22.8. The van der Waals surface area contributed by atoms with Crippen LogP contribution in [0, 0.1) is 12.8 Å². The Morgan fingerprint density at radius 3 is 2.52 bits per heavy atom. The molecule has 4 nitrogen and oxygen atoms in total. The van der Waals surface area contributed by atoms with Crippen molar-refractivity contribution in [2.75, 3.05) is 6.54 Å². The fraction of sp³-hybridized carbons (Fsp3) is 0.412. The van der Waals surface area contributed by atoms with Crippen molar-refractivity contribution in [3.05, 3.63) is 41.0 Å². The molecule has 1 amide bonds. The van der Waals surface area contributed by atoms with E-state index >= 15 is 0 Å². The van der Waals surface area contributed by atoms with Gasteiger partial charge in [0, 0.05) is 18.2 Å². The minimum atomic E-state index is -1.00. The first kappa shape index (κ1) is 17.0. The molecule has 0 aliphatic heterocycles. The van der Waals surface area contributed by atoms with Crippen LogP contribution in [-0.2, 0) is 4.79 Å². The highest BCUT2D eigenvalue weighted by Crippen LogP contribution is 2.13. The molecule has 0 fully saturated rings. The summed E-state index contributed by atoms with van der Waals surface area (Å²) in [5.74, 6) is -0.621. The molecule has 0 spiro atoms. The predicted molar refractivity (Wildman–Crippen MR) is 84.3 cm³/mol. The molecule has 0 aromatic heterocycles. The molecule has 2 N–H and O–H groups in total. The maximum Gasteiger partial charge on any atom is 0.328 e. The molecule has 4 heteroatoms. The van der Waals surface area contributed by atoms with Crippen molar-refractivity contribution >= 4 is 18.0 Å². The largest absolute Gasteiger partial charge is 0.478 e. The second kappa shape index (κ2) is 8.25. The number of carbonyl (C=O) groups excluding carboxylic acids is 1. The van der Waals surface area contributed by atoms with Gasteiger partial charge in [0.05, 0.1) is 0 Å². The van der Waals surface area contributed by atoms with Crippen molar-refractivity contribution in [2.45, 2.75) is 33.6 Å². The summed E-state index contributed by atoms with van der Waals surface area (Å²) in [5, 5.41) is 11.6. The Morgan fingerprint density at radius 1 is 1.29 bits per heavy atom. The Balaban J connectivity index is 2.83. The summed E-state index contributed by atoms with van der Waals surface area (Å²) >= 11 is 0. The van der Waals surface area contributed by atoms with Crippen molar-refractivity contribution in [3.63, 3.8) is 0 Å². The second-order valence-electron chi connectivity index (χ2n) is 5.14. The third-order valence-electron chi connectivity index (χ3n) is 3.63. The molecule has 1 rings (SSSR count). The molecule has 0 aliphatic rings. The van der Waals surface area contributed by atoms with E-state index in [1.54, 1.807) is 12.1 Å². The lowest BCUT2D eigenvalue weighted by Gasteiger charge is -2.14. The molecule has 0 saturated carbocycles. The van der Waals surface area contributed by atoms with E-state index in [0.29, 0.717) is 23.6 Å². The topological polar surface area (TPSA) is 66.4 Å². The molecule has 0 radical (unpaired) electrons. The van der Waals surface area contributed by atoms with Crippen molar-refractivity contribution in [3.8, 4) is 0 Å². The number of carboxylic acids is 1. The number of aryl methyl sites for hydroxylation is 1. The number of carboxylic acid groups (broad SMARTS) is 1. The minimum absolute atomic E-state index is 0.107. The van der Waals surface area contributed by atoms with Gasteiger partial charge in [-0.1, -0.05) is 38.8 Å². The Kier molecular flexibility index (Phi) is 6.66. The molecule has 114 valence electrons. The van der Waals surface area contributed by atoms with Crippen LogP contribution in [0.5, 0.6) is 0 Å². The van der Waals surface area contributed by atoms with Gasteiger partial charge in [-0.2, -0.15) is 0 Å². The van der Waals surface area contributed by atoms with E-state index < -0.39 is 5.97 Å². The van der Waals surface area contributed by atoms with Crippen LogP contribution in [-0.4, -0.2) is 23.5 Å². The van der Waals surface area contributed by atoms with Gasteiger partial charge in [-0.3, -0.25) is 4.79 Å². The van der Waals surface area contributed by atoms with E-state index in [4.69, 9.17) is 5.11 Å². The van der Waals surface area contributed by atoms with Gasteiger partial charge in [-0.05, 0) is 36.1 Å². The monoisotopic (exact) mass is 289 g/mol. The maximum atomic E-state index is 12.2. The highest BCUT2D eigenvalue weighted by Gasteiger charge is 2.11. The number of aliphatic carboxylic acids is 1. The molecular weight excluding hydrogens is 266 g/mol. The van der Waals surface area contributed by atoms with Gasteiger partial charge in [0.1, 0.15) is 0 Å². The van der Waals surface area contributed by atoms with E-state index in [-0.39, 0.29) is 5.91 Å². The smallest absolute Gasteiger partial charge is 0.328 e. The number of benzene rings is 1.